The standard InChI is InChI=1S/C21H22N2O3/c1-4-14-8-6-7-9-18(14)23-20-16-12-15(25-3)10-11-19(16)22-13-17(20)21(24)26-5-2/h6-13H,4-5H2,1-3H3,(H,22,23). The molecule has 3 rings (SSSR count). The summed E-state index contributed by atoms with van der Waals surface area (Å²) in [6.07, 6.45) is 2.44. The van der Waals surface area contributed by atoms with Crippen molar-refractivity contribution in [3.05, 3.63) is 59.8 Å². The number of aryl methyl sites for hydroxylation is 1. The van der Waals surface area contributed by atoms with Crippen molar-refractivity contribution in [1.82, 2.24) is 4.98 Å². The number of fused-ring (bicyclic) bond motifs is 1. The maximum atomic E-state index is 12.5. The molecule has 3 aromatic rings. The molecule has 0 aliphatic heterocycles. The van der Waals surface area contributed by atoms with Crippen LogP contribution in [0.5, 0.6) is 5.75 Å². The van der Waals surface area contributed by atoms with Crippen LogP contribution in [0.4, 0.5) is 11.4 Å². The van der Waals surface area contributed by atoms with Gasteiger partial charge in [-0.2, -0.15) is 0 Å². The molecule has 0 atom stereocenters. The van der Waals surface area contributed by atoms with E-state index in [-0.39, 0.29) is 0 Å². The van der Waals surface area contributed by atoms with Crippen LogP contribution in [0.2, 0.25) is 0 Å². The van der Waals surface area contributed by atoms with Gasteiger partial charge in [0.25, 0.3) is 0 Å². The van der Waals surface area contributed by atoms with E-state index in [9.17, 15) is 4.79 Å². The summed E-state index contributed by atoms with van der Waals surface area (Å²) in [5, 5.41) is 4.24. The van der Waals surface area contributed by atoms with Gasteiger partial charge in [-0.25, -0.2) is 4.79 Å². The lowest BCUT2D eigenvalue weighted by atomic mass is 10.1. The molecule has 0 aliphatic rings. The number of pyridine rings is 1. The molecule has 0 saturated heterocycles. The first-order valence-corrected chi connectivity index (χ1v) is 8.66. The Balaban J connectivity index is 2.20. The molecule has 0 amide bonds. The Kier molecular flexibility index (Phi) is 5.37. The van der Waals surface area contributed by atoms with Crippen molar-refractivity contribution in [3.8, 4) is 5.75 Å². The van der Waals surface area contributed by atoms with E-state index in [1.165, 1.54) is 0 Å². The van der Waals surface area contributed by atoms with Crippen molar-refractivity contribution in [2.75, 3.05) is 19.0 Å². The largest absolute Gasteiger partial charge is 0.497 e. The van der Waals surface area contributed by atoms with E-state index in [4.69, 9.17) is 9.47 Å². The lowest BCUT2D eigenvalue weighted by molar-refractivity contribution is 0.0527. The summed E-state index contributed by atoms with van der Waals surface area (Å²) in [6, 6.07) is 13.6. The van der Waals surface area contributed by atoms with Crippen LogP contribution >= 0.6 is 0 Å². The smallest absolute Gasteiger partial charge is 0.341 e. The second-order valence-corrected chi connectivity index (χ2v) is 5.79. The number of carbonyl (C=O) groups excluding carboxylic acids is 1. The Hall–Kier alpha value is -3.08. The Labute approximate surface area is 153 Å². The van der Waals surface area contributed by atoms with E-state index in [0.717, 1.165) is 28.6 Å². The van der Waals surface area contributed by atoms with Gasteiger partial charge in [0.1, 0.15) is 11.3 Å². The zero-order valence-corrected chi connectivity index (χ0v) is 15.2. The Morgan fingerprint density at radius 1 is 1.15 bits per heavy atom. The first-order valence-electron chi connectivity index (χ1n) is 8.66. The fourth-order valence-electron chi connectivity index (χ4n) is 2.88. The normalized spacial score (nSPS) is 10.6. The first kappa shape index (κ1) is 17.7. The fraction of sp³-hybridized carbons (Fsp3) is 0.238. The molecule has 0 unspecified atom stereocenters. The van der Waals surface area contributed by atoms with Crippen LogP contribution < -0.4 is 10.1 Å². The zero-order valence-electron chi connectivity index (χ0n) is 15.2. The number of nitrogens with zero attached hydrogens (tertiary/aromatic N) is 1. The maximum absolute atomic E-state index is 12.5. The van der Waals surface area contributed by atoms with Gasteiger partial charge in [0.2, 0.25) is 0 Å². The summed E-state index contributed by atoms with van der Waals surface area (Å²) in [7, 11) is 1.61. The van der Waals surface area contributed by atoms with Gasteiger partial charge in [0.05, 0.1) is 24.9 Å². The van der Waals surface area contributed by atoms with Crippen LogP contribution in [0.3, 0.4) is 0 Å². The molecule has 5 heteroatoms. The third kappa shape index (κ3) is 3.47. The highest BCUT2D eigenvalue weighted by atomic mass is 16.5. The van der Waals surface area contributed by atoms with Crippen LogP contribution in [0, 0.1) is 0 Å². The number of anilines is 2. The summed E-state index contributed by atoms with van der Waals surface area (Å²) >= 11 is 0. The molecular weight excluding hydrogens is 328 g/mol. The van der Waals surface area contributed by atoms with Crippen LogP contribution in [-0.4, -0.2) is 24.7 Å². The maximum Gasteiger partial charge on any atom is 0.341 e. The Morgan fingerprint density at radius 3 is 2.69 bits per heavy atom. The Morgan fingerprint density at radius 2 is 1.96 bits per heavy atom. The number of aromatic nitrogens is 1. The van der Waals surface area contributed by atoms with Gasteiger partial charge < -0.3 is 14.8 Å². The van der Waals surface area contributed by atoms with Gasteiger partial charge >= 0.3 is 5.97 Å². The number of hydrogen-bond donors (Lipinski definition) is 1. The van der Waals surface area contributed by atoms with Gasteiger partial charge in [-0.3, -0.25) is 4.98 Å². The molecule has 0 spiro atoms. The van der Waals surface area contributed by atoms with E-state index >= 15 is 0 Å². The van der Waals surface area contributed by atoms with Gasteiger partial charge in [0.15, 0.2) is 0 Å². The number of para-hydroxylation sites is 1. The molecule has 1 heterocycles. The molecule has 5 nitrogen and oxygen atoms in total. The minimum absolute atomic E-state index is 0.306. The van der Waals surface area contributed by atoms with Crippen LogP contribution in [-0.2, 0) is 11.2 Å². The van der Waals surface area contributed by atoms with Gasteiger partial charge in [-0.1, -0.05) is 25.1 Å². The van der Waals surface area contributed by atoms with Crippen LogP contribution in [0.15, 0.2) is 48.7 Å². The number of ether oxygens (including phenoxy) is 2. The van der Waals surface area contributed by atoms with E-state index in [2.05, 4.69) is 23.3 Å². The number of esters is 1. The molecule has 1 N–H and O–H groups in total. The number of carbonyl (C=O) groups is 1. The molecule has 0 bridgehead atoms. The number of rotatable bonds is 6. The van der Waals surface area contributed by atoms with E-state index in [0.29, 0.717) is 23.6 Å². The summed E-state index contributed by atoms with van der Waals surface area (Å²) < 4.78 is 10.6. The highest BCUT2D eigenvalue weighted by Crippen LogP contribution is 2.33. The number of nitrogens with one attached hydrogen (secondary N) is 1. The van der Waals surface area contributed by atoms with Crippen molar-refractivity contribution < 1.29 is 14.3 Å². The third-order valence-corrected chi connectivity index (χ3v) is 4.23. The summed E-state index contributed by atoms with van der Waals surface area (Å²) in [4.78, 5) is 16.9. The van der Waals surface area contributed by atoms with E-state index in [1.54, 1.807) is 20.2 Å². The van der Waals surface area contributed by atoms with Crippen molar-refractivity contribution in [2.24, 2.45) is 0 Å². The van der Waals surface area contributed by atoms with Crippen molar-refractivity contribution in [3.63, 3.8) is 0 Å². The molecule has 0 fully saturated rings. The fourth-order valence-corrected chi connectivity index (χ4v) is 2.88. The van der Waals surface area contributed by atoms with Gasteiger partial charge in [0, 0.05) is 17.3 Å². The SMILES string of the molecule is CCOC(=O)c1cnc2ccc(OC)cc2c1Nc1ccccc1CC. The monoisotopic (exact) mass is 350 g/mol. The second-order valence-electron chi connectivity index (χ2n) is 5.79. The van der Waals surface area contributed by atoms with Crippen LogP contribution in [0.25, 0.3) is 10.9 Å². The first-order chi connectivity index (χ1) is 12.7. The average molecular weight is 350 g/mol. The topological polar surface area (TPSA) is 60.5 Å². The lowest BCUT2D eigenvalue weighted by Gasteiger charge is -2.16. The highest BCUT2D eigenvalue weighted by molar-refractivity contribution is 6.06. The predicted molar refractivity (Wildman–Crippen MR) is 103 cm³/mol. The summed E-state index contributed by atoms with van der Waals surface area (Å²) in [5.74, 6) is 0.299. The second kappa shape index (κ2) is 7.87. The molecular formula is C21H22N2O3. The zero-order chi connectivity index (χ0) is 18.5. The van der Waals surface area contributed by atoms with Crippen LogP contribution in [0.1, 0.15) is 29.8 Å². The minimum Gasteiger partial charge on any atom is -0.497 e. The summed E-state index contributed by atoms with van der Waals surface area (Å²) in [6.45, 7) is 4.19. The molecule has 0 aliphatic carbocycles. The average Bonchev–Trinajstić information content (AvgIpc) is 2.68. The predicted octanol–water partition coefficient (Wildman–Crippen LogP) is 4.73. The van der Waals surface area contributed by atoms with Gasteiger partial charge in [-0.15, -0.1) is 0 Å². The molecule has 0 radical (unpaired) electrons. The van der Waals surface area contributed by atoms with E-state index < -0.39 is 5.97 Å². The van der Waals surface area contributed by atoms with Crippen molar-refractivity contribution in [2.45, 2.75) is 20.3 Å². The van der Waals surface area contributed by atoms with Crippen molar-refractivity contribution in [1.29, 1.82) is 0 Å². The molecule has 0 saturated carbocycles. The number of benzene rings is 2. The van der Waals surface area contributed by atoms with E-state index in [1.807, 2.05) is 36.4 Å². The lowest BCUT2D eigenvalue weighted by Crippen LogP contribution is -2.10. The van der Waals surface area contributed by atoms with Gasteiger partial charge in [-0.05, 0) is 43.2 Å². The third-order valence-electron chi connectivity index (χ3n) is 4.23. The summed E-state index contributed by atoms with van der Waals surface area (Å²) in [5.41, 5.74) is 3.97. The molecule has 1 aromatic heterocycles. The molecule has 26 heavy (non-hydrogen) atoms. The quantitative estimate of drug-likeness (QED) is 0.652. The number of methoxy groups -OCH3 is 1. The molecule has 2 aromatic carbocycles. The Bertz CT molecular complexity index is 938. The molecule has 134 valence electrons. The van der Waals surface area contributed by atoms with Crippen molar-refractivity contribution >= 4 is 28.2 Å². The number of hydrogen-bond acceptors (Lipinski definition) is 5. The highest BCUT2D eigenvalue weighted by Gasteiger charge is 2.18. The minimum atomic E-state index is -0.402.